The van der Waals surface area contributed by atoms with E-state index in [-0.39, 0.29) is 5.54 Å². The predicted molar refractivity (Wildman–Crippen MR) is 67.8 cm³/mol. The van der Waals surface area contributed by atoms with Gasteiger partial charge in [0.2, 0.25) is 0 Å². The largest absolute Gasteiger partial charge is 0.379 e. The Morgan fingerprint density at radius 3 is 2.60 bits per heavy atom. The minimum Gasteiger partial charge on any atom is -0.379 e. The van der Waals surface area contributed by atoms with Gasteiger partial charge in [-0.05, 0) is 45.0 Å². The van der Waals surface area contributed by atoms with Crippen LogP contribution in [0.2, 0.25) is 10.0 Å². The molecule has 0 amide bonds. The summed E-state index contributed by atoms with van der Waals surface area (Å²) in [5.74, 6) is 0. The molecule has 4 heteroatoms. The summed E-state index contributed by atoms with van der Waals surface area (Å²) >= 11 is 11.9. The lowest BCUT2D eigenvalue weighted by Crippen LogP contribution is -2.33. The fourth-order valence-corrected chi connectivity index (χ4v) is 1.72. The second-order valence-electron chi connectivity index (χ2n) is 4.17. The lowest BCUT2D eigenvalue weighted by Gasteiger charge is -2.27. The first kappa shape index (κ1) is 12.6. The average molecular weight is 247 g/mol. The topological polar surface area (TPSA) is 38.0 Å². The van der Waals surface area contributed by atoms with Crippen LogP contribution in [0.3, 0.4) is 0 Å². The Balaban J connectivity index is 2.83. The number of anilines is 1. The van der Waals surface area contributed by atoms with Gasteiger partial charge in [0.05, 0.1) is 10.7 Å². The van der Waals surface area contributed by atoms with Crippen LogP contribution < -0.4 is 11.1 Å². The molecule has 0 unspecified atom stereocenters. The Morgan fingerprint density at radius 1 is 1.33 bits per heavy atom. The van der Waals surface area contributed by atoms with Crippen molar-refractivity contribution in [2.45, 2.75) is 25.8 Å². The SMILES string of the molecule is CC(C)(CCN)Nc1cc(Cl)ccc1Cl. The molecule has 0 fully saturated rings. The first-order chi connectivity index (χ1) is 6.94. The Kier molecular flexibility index (Phi) is 4.26. The van der Waals surface area contributed by atoms with Crippen LogP contribution in [-0.4, -0.2) is 12.1 Å². The third-order valence-corrected chi connectivity index (χ3v) is 2.74. The van der Waals surface area contributed by atoms with Gasteiger partial charge >= 0.3 is 0 Å². The normalized spacial score (nSPS) is 11.5. The molecule has 2 nitrogen and oxygen atoms in total. The molecular formula is C11H16Cl2N2. The number of halogens is 2. The minimum absolute atomic E-state index is 0.0803. The number of hydrogen-bond acceptors (Lipinski definition) is 2. The summed E-state index contributed by atoms with van der Waals surface area (Å²) < 4.78 is 0. The molecular weight excluding hydrogens is 231 g/mol. The van der Waals surface area contributed by atoms with Gasteiger partial charge in [-0.15, -0.1) is 0 Å². The van der Waals surface area contributed by atoms with Crippen molar-refractivity contribution in [2.24, 2.45) is 5.73 Å². The first-order valence-corrected chi connectivity index (χ1v) is 5.63. The molecule has 1 rings (SSSR count). The molecule has 0 radical (unpaired) electrons. The highest BCUT2D eigenvalue weighted by Gasteiger charge is 2.17. The highest BCUT2D eigenvalue weighted by Crippen LogP contribution is 2.28. The Morgan fingerprint density at radius 2 is 2.00 bits per heavy atom. The van der Waals surface area contributed by atoms with E-state index in [4.69, 9.17) is 28.9 Å². The van der Waals surface area contributed by atoms with Gasteiger partial charge in [0.1, 0.15) is 0 Å². The van der Waals surface area contributed by atoms with Gasteiger partial charge in [-0.2, -0.15) is 0 Å². The molecule has 84 valence electrons. The second kappa shape index (κ2) is 5.06. The number of hydrogen-bond donors (Lipinski definition) is 2. The van der Waals surface area contributed by atoms with Crippen molar-refractivity contribution in [2.75, 3.05) is 11.9 Å². The van der Waals surface area contributed by atoms with E-state index in [1.54, 1.807) is 12.1 Å². The zero-order chi connectivity index (χ0) is 11.5. The van der Waals surface area contributed by atoms with E-state index in [0.717, 1.165) is 12.1 Å². The molecule has 0 aliphatic rings. The fourth-order valence-electron chi connectivity index (χ4n) is 1.38. The van der Waals surface area contributed by atoms with Gasteiger partial charge in [0.25, 0.3) is 0 Å². The molecule has 0 aliphatic heterocycles. The zero-order valence-corrected chi connectivity index (χ0v) is 10.5. The van der Waals surface area contributed by atoms with Crippen LogP contribution >= 0.6 is 23.2 Å². The fraction of sp³-hybridized carbons (Fsp3) is 0.455. The molecule has 0 saturated carbocycles. The maximum absolute atomic E-state index is 6.05. The summed E-state index contributed by atoms with van der Waals surface area (Å²) in [6, 6.07) is 5.37. The van der Waals surface area contributed by atoms with Crippen LogP contribution in [0.4, 0.5) is 5.69 Å². The maximum Gasteiger partial charge on any atom is 0.0638 e. The third kappa shape index (κ3) is 3.90. The van der Waals surface area contributed by atoms with Crippen molar-refractivity contribution in [3.8, 4) is 0 Å². The van der Waals surface area contributed by atoms with E-state index in [1.165, 1.54) is 0 Å². The molecule has 3 N–H and O–H groups in total. The molecule has 0 atom stereocenters. The number of benzene rings is 1. The summed E-state index contributed by atoms with van der Waals surface area (Å²) in [6.07, 6.45) is 0.871. The molecule has 15 heavy (non-hydrogen) atoms. The number of nitrogens with one attached hydrogen (secondary N) is 1. The number of rotatable bonds is 4. The van der Waals surface area contributed by atoms with Gasteiger partial charge in [-0.1, -0.05) is 23.2 Å². The lowest BCUT2D eigenvalue weighted by atomic mass is 10.0. The predicted octanol–water partition coefficient (Wildman–Crippen LogP) is 3.53. The van der Waals surface area contributed by atoms with Crippen LogP contribution in [0, 0.1) is 0 Å². The van der Waals surface area contributed by atoms with Crippen LogP contribution in [0.15, 0.2) is 18.2 Å². The smallest absolute Gasteiger partial charge is 0.0638 e. The highest BCUT2D eigenvalue weighted by molar-refractivity contribution is 6.35. The van der Waals surface area contributed by atoms with Gasteiger partial charge in [-0.25, -0.2) is 0 Å². The van der Waals surface area contributed by atoms with Crippen LogP contribution in [0.1, 0.15) is 20.3 Å². The standard InChI is InChI=1S/C11H16Cl2N2/c1-11(2,5-6-14)15-10-7-8(12)3-4-9(10)13/h3-4,7,15H,5-6,14H2,1-2H3. The van der Waals surface area contributed by atoms with Crippen LogP contribution in [0.5, 0.6) is 0 Å². The van der Waals surface area contributed by atoms with Gasteiger partial charge in [0.15, 0.2) is 0 Å². The van der Waals surface area contributed by atoms with E-state index in [1.807, 2.05) is 6.07 Å². The van der Waals surface area contributed by atoms with E-state index >= 15 is 0 Å². The zero-order valence-electron chi connectivity index (χ0n) is 8.98. The van der Waals surface area contributed by atoms with Crippen molar-refractivity contribution in [3.05, 3.63) is 28.2 Å². The summed E-state index contributed by atoms with van der Waals surface area (Å²) in [5.41, 5.74) is 6.31. The van der Waals surface area contributed by atoms with E-state index in [9.17, 15) is 0 Å². The lowest BCUT2D eigenvalue weighted by molar-refractivity contribution is 0.526. The molecule has 1 aromatic carbocycles. The Hall–Kier alpha value is -0.440. The highest BCUT2D eigenvalue weighted by atomic mass is 35.5. The van der Waals surface area contributed by atoms with Crippen molar-refractivity contribution in [3.63, 3.8) is 0 Å². The average Bonchev–Trinajstić information content (AvgIpc) is 2.10. The van der Waals surface area contributed by atoms with Crippen molar-refractivity contribution >= 4 is 28.9 Å². The third-order valence-electron chi connectivity index (χ3n) is 2.17. The molecule has 0 aromatic heterocycles. The summed E-state index contributed by atoms with van der Waals surface area (Å²) in [6.45, 7) is 4.80. The second-order valence-corrected chi connectivity index (χ2v) is 5.02. The van der Waals surface area contributed by atoms with Crippen LogP contribution in [0.25, 0.3) is 0 Å². The summed E-state index contributed by atoms with van der Waals surface area (Å²) in [7, 11) is 0. The molecule has 0 bridgehead atoms. The molecule has 0 saturated heterocycles. The van der Waals surface area contributed by atoms with Crippen molar-refractivity contribution in [1.29, 1.82) is 0 Å². The minimum atomic E-state index is -0.0803. The Labute approximate surface area is 101 Å². The van der Waals surface area contributed by atoms with Gasteiger partial charge in [0, 0.05) is 10.6 Å². The maximum atomic E-state index is 6.05. The summed E-state index contributed by atoms with van der Waals surface area (Å²) in [4.78, 5) is 0. The molecule has 0 heterocycles. The van der Waals surface area contributed by atoms with Crippen LogP contribution in [-0.2, 0) is 0 Å². The van der Waals surface area contributed by atoms with Crippen molar-refractivity contribution in [1.82, 2.24) is 0 Å². The van der Waals surface area contributed by atoms with Gasteiger partial charge in [-0.3, -0.25) is 0 Å². The monoisotopic (exact) mass is 246 g/mol. The number of nitrogens with two attached hydrogens (primary N) is 1. The molecule has 0 aliphatic carbocycles. The Bertz CT molecular complexity index is 337. The van der Waals surface area contributed by atoms with E-state index in [0.29, 0.717) is 16.6 Å². The molecule has 0 spiro atoms. The van der Waals surface area contributed by atoms with E-state index < -0.39 is 0 Å². The van der Waals surface area contributed by atoms with Gasteiger partial charge < -0.3 is 11.1 Å². The first-order valence-electron chi connectivity index (χ1n) is 4.88. The quantitative estimate of drug-likeness (QED) is 0.854. The van der Waals surface area contributed by atoms with Crippen molar-refractivity contribution < 1.29 is 0 Å². The molecule has 1 aromatic rings. The summed E-state index contributed by atoms with van der Waals surface area (Å²) in [5, 5.41) is 4.67. The van der Waals surface area contributed by atoms with E-state index in [2.05, 4.69) is 19.2 Å².